The summed E-state index contributed by atoms with van der Waals surface area (Å²) in [4.78, 5) is 21.8. The molecule has 19 heavy (non-hydrogen) atoms. The van der Waals surface area contributed by atoms with E-state index in [2.05, 4.69) is 6.92 Å². The van der Waals surface area contributed by atoms with Crippen molar-refractivity contribution in [3.8, 4) is 0 Å². The summed E-state index contributed by atoms with van der Waals surface area (Å²) in [5, 5.41) is 10.8. The number of benzene rings is 1. The quantitative estimate of drug-likeness (QED) is 0.297. The molecule has 0 saturated carbocycles. The molecule has 0 heterocycles. The summed E-state index contributed by atoms with van der Waals surface area (Å²) in [5.41, 5.74) is 0.882. The summed E-state index contributed by atoms with van der Waals surface area (Å²) in [5.74, 6) is -0.579. The standard InChI is InChI=1S/C15H21NO3/c1-2-3-5-10-14(12-17)15(11-16(18)19)13-8-6-4-7-9-13/h4,6-9,12,14-15H,2-3,5,10-11H2,1H3/t14?,15-/m1/s1. The Balaban J connectivity index is 2.81. The van der Waals surface area contributed by atoms with Crippen molar-refractivity contribution >= 4 is 6.29 Å². The maximum atomic E-state index is 11.3. The van der Waals surface area contributed by atoms with E-state index in [1.807, 2.05) is 30.3 Å². The Morgan fingerprint density at radius 3 is 2.47 bits per heavy atom. The van der Waals surface area contributed by atoms with Crippen LogP contribution in [0.2, 0.25) is 0 Å². The topological polar surface area (TPSA) is 60.2 Å². The summed E-state index contributed by atoms with van der Waals surface area (Å²) < 4.78 is 0. The highest BCUT2D eigenvalue weighted by Gasteiger charge is 2.27. The van der Waals surface area contributed by atoms with Gasteiger partial charge in [-0.1, -0.05) is 56.5 Å². The van der Waals surface area contributed by atoms with Crippen molar-refractivity contribution in [3.63, 3.8) is 0 Å². The minimum Gasteiger partial charge on any atom is -0.303 e. The van der Waals surface area contributed by atoms with Gasteiger partial charge < -0.3 is 4.79 Å². The predicted octanol–water partition coefficient (Wildman–Crippen LogP) is 3.44. The lowest BCUT2D eigenvalue weighted by Gasteiger charge is -2.19. The minimum atomic E-state index is -0.325. The van der Waals surface area contributed by atoms with Crippen molar-refractivity contribution in [2.75, 3.05) is 6.54 Å². The summed E-state index contributed by atoms with van der Waals surface area (Å²) in [6.07, 6.45) is 4.70. The Kier molecular flexibility index (Phi) is 6.79. The van der Waals surface area contributed by atoms with Gasteiger partial charge >= 0.3 is 0 Å². The largest absolute Gasteiger partial charge is 0.303 e. The number of nitro groups is 1. The average molecular weight is 263 g/mol. The van der Waals surface area contributed by atoms with Gasteiger partial charge in [-0.25, -0.2) is 0 Å². The molecule has 0 saturated heterocycles. The highest BCUT2D eigenvalue weighted by atomic mass is 16.6. The van der Waals surface area contributed by atoms with Crippen LogP contribution in [0, 0.1) is 16.0 Å². The van der Waals surface area contributed by atoms with Gasteiger partial charge in [0.05, 0.1) is 5.92 Å². The van der Waals surface area contributed by atoms with Crippen molar-refractivity contribution in [1.29, 1.82) is 0 Å². The van der Waals surface area contributed by atoms with Crippen LogP contribution in [0.3, 0.4) is 0 Å². The molecule has 2 atom stereocenters. The van der Waals surface area contributed by atoms with Crippen LogP contribution >= 0.6 is 0 Å². The fraction of sp³-hybridized carbons (Fsp3) is 0.533. The fourth-order valence-electron chi connectivity index (χ4n) is 2.34. The first-order valence-corrected chi connectivity index (χ1v) is 6.81. The number of hydrogen-bond acceptors (Lipinski definition) is 3. The Bertz CT molecular complexity index is 392. The van der Waals surface area contributed by atoms with Crippen LogP contribution in [0.5, 0.6) is 0 Å². The second-order valence-electron chi connectivity index (χ2n) is 4.83. The van der Waals surface area contributed by atoms with Crippen molar-refractivity contribution in [2.45, 2.75) is 38.5 Å². The van der Waals surface area contributed by atoms with Crippen LogP contribution < -0.4 is 0 Å². The van der Waals surface area contributed by atoms with Crippen LogP contribution in [0.1, 0.15) is 44.1 Å². The fourth-order valence-corrected chi connectivity index (χ4v) is 2.34. The first kappa shape index (κ1) is 15.3. The van der Waals surface area contributed by atoms with Crippen molar-refractivity contribution < 1.29 is 9.72 Å². The summed E-state index contributed by atoms with van der Waals surface area (Å²) in [6, 6.07) is 9.32. The molecule has 104 valence electrons. The molecule has 0 bridgehead atoms. The third-order valence-corrected chi connectivity index (χ3v) is 3.41. The lowest BCUT2D eigenvalue weighted by Crippen LogP contribution is -2.22. The summed E-state index contributed by atoms with van der Waals surface area (Å²) >= 11 is 0. The van der Waals surface area contributed by atoms with Gasteiger partial charge in [0.15, 0.2) is 0 Å². The third-order valence-electron chi connectivity index (χ3n) is 3.41. The monoisotopic (exact) mass is 263 g/mol. The van der Waals surface area contributed by atoms with Gasteiger partial charge in [-0.05, 0) is 12.0 Å². The van der Waals surface area contributed by atoms with E-state index in [0.29, 0.717) is 0 Å². The Hall–Kier alpha value is -1.71. The van der Waals surface area contributed by atoms with E-state index < -0.39 is 0 Å². The molecule has 4 nitrogen and oxygen atoms in total. The zero-order chi connectivity index (χ0) is 14.1. The van der Waals surface area contributed by atoms with Gasteiger partial charge in [-0.2, -0.15) is 0 Å². The maximum absolute atomic E-state index is 11.3. The van der Waals surface area contributed by atoms with E-state index >= 15 is 0 Å². The maximum Gasteiger partial charge on any atom is 0.211 e. The highest BCUT2D eigenvalue weighted by molar-refractivity contribution is 5.56. The first-order valence-electron chi connectivity index (χ1n) is 6.81. The zero-order valence-corrected chi connectivity index (χ0v) is 11.3. The van der Waals surface area contributed by atoms with Gasteiger partial charge in [0.1, 0.15) is 6.29 Å². The van der Waals surface area contributed by atoms with Crippen LogP contribution in [0.4, 0.5) is 0 Å². The van der Waals surface area contributed by atoms with Crippen LogP contribution in [0.25, 0.3) is 0 Å². The van der Waals surface area contributed by atoms with Gasteiger partial charge in [0.25, 0.3) is 0 Å². The molecule has 1 aromatic rings. The molecule has 0 amide bonds. The van der Waals surface area contributed by atoms with E-state index in [9.17, 15) is 14.9 Å². The number of unbranched alkanes of at least 4 members (excludes halogenated alkanes) is 2. The molecular formula is C15H21NO3. The molecule has 0 aromatic heterocycles. The molecule has 0 aliphatic heterocycles. The predicted molar refractivity (Wildman–Crippen MR) is 74.7 cm³/mol. The van der Waals surface area contributed by atoms with Gasteiger partial charge in [-0.15, -0.1) is 0 Å². The van der Waals surface area contributed by atoms with Gasteiger partial charge in [0.2, 0.25) is 6.54 Å². The molecule has 0 aliphatic carbocycles. The lowest BCUT2D eigenvalue weighted by atomic mass is 9.83. The highest BCUT2D eigenvalue weighted by Crippen LogP contribution is 2.27. The second-order valence-corrected chi connectivity index (χ2v) is 4.83. The van der Waals surface area contributed by atoms with Crippen LogP contribution in [-0.4, -0.2) is 17.8 Å². The number of rotatable bonds is 9. The number of hydrogen-bond donors (Lipinski definition) is 0. The summed E-state index contributed by atoms with van der Waals surface area (Å²) in [6.45, 7) is 1.92. The number of aldehydes is 1. The Morgan fingerprint density at radius 1 is 1.26 bits per heavy atom. The molecule has 0 spiro atoms. The number of carbonyl (C=O) groups excluding carboxylic acids is 1. The normalized spacial score (nSPS) is 13.7. The molecule has 1 rings (SSSR count). The van der Waals surface area contributed by atoms with E-state index in [1.165, 1.54) is 0 Å². The molecule has 0 aliphatic rings. The molecule has 0 radical (unpaired) electrons. The van der Waals surface area contributed by atoms with E-state index in [4.69, 9.17) is 0 Å². The lowest BCUT2D eigenvalue weighted by molar-refractivity contribution is -0.484. The first-order chi connectivity index (χ1) is 9.19. The van der Waals surface area contributed by atoms with E-state index in [1.54, 1.807) is 0 Å². The minimum absolute atomic E-state index is 0.181. The third kappa shape index (κ3) is 5.20. The van der Waals surface area contributed by atoms with E-state index in [0.717, 1.165) is 37.5 Å². The van der Waals surface area contributed by atoms with Gasteiger partial charge in [-0.3, -0.25) is 10.1 Å². The average Bonchev–Trinajstić information content (AvgIpc) is 2.42. The summed E-state index contributed by atoms with van der Waals surface area (Å²) in [7, 11) is 0. The number of nitrogens with zero attached hydrogens (tertiary/aromatic N) is 1. The smallest absolute Gasteiger partial charge is 0.211 e. The SMILES string of the molecule is CCCCCC(C=O)[C@H](C[N+](=O)[O-])c1ccccc1. The van der Waals surface area contributed by atoms with Gasteiger partial charge in [0, 0.05) is 10.8 Å². The molecule has 0 N–H and O–H groups in total. The Morgan fingerprint density at radius 2 is 1.95 bits per heavy atom. The zero-order valence-electron chi connectivity index (χ0n) is 11.3. The van der Waals surface area contributed by atoms with Crippen LogP contribution in [0.15, 0.2) is 30.3 Å². The van der Waals surface area contributed by atoms with Crippen molar-refractivity contribution in [1.82, 2.24) is 0 Å². The van der Waals surface area contributed by atoms with Crippen LogP contribution in [-0.2, 0) is 4.79 Å². The molecule has 4 heteroatoms. The van der Waals surface area contributed by atoms with Crippen molar-refractivity contribution in [2.24, 2.45) is 5.92 Å². The Labute approximate surface area is 114 Å². The van der Waals surface area contributed by atoms with E-state index in [-0.39, 0.29) is 23.3 Å². The second kappa shape index (κ2) is 8.40. The molecule has 1 unspecified atom stereocenters. The van der Waals surface area contributed by atoms with Crippen molar-refractivity contribution in [3.05, 3.63) is 46.0 Å². The molecule has 1 aromatic carbocycles. The molecular weight excluding hydrogens is 242 g/mol. The number of carbonyl (C=O) groups is 1. The molecule has 0 fully saturated rings.